The predicted octanol–water partition coefficient (Wildman–Crippen LogP) is 3.68. The van der Waals surface area contributed by atoms with E-state index in [1.54, 1.807) is 4.68 Å². The number of hydrogen-bond donors (Lipinski definition) is 1. The summed E-state index contributed by atoms with van der Waals surface area (Å²) in [5, 5.41) is 15.9. The molecule has 1 amide bonds. The largest absolute Gasteiger partial charge is 0.301 e. The summed E-state index contributed by atoms with van der Waals surface area (Å²) in [4.78, 5) is 16.9. The number of hydrogen-bond acceptors (Lipinski definition) is 7. The molecule has 0 saturated heterocycles. The van der Waals surface area contributed by atoms with Gasteiger partial charge in [-0.1, -0.05) is 59.5 Å². The minimum absolute atomic E-state index is 0.132. The molecule has 0 aliphatic heterocycles. The fourth-order valence-electron chi connectivity index (χ4n) is 2.86. The lowest BCUT2D eigenvalue weighted by atomic mass is 10.1. The number of thiazole rings is 1. The van der Waals surface area contributed by atoms with E-state index >= 15 is 0 Å². The van der Waals surface area contributed by atoms with Crippen LogP contribution >= 0.6 is 23.1 Å². The Morgan fingerprint density at radius 2 is 2.04 bits per heavy atom. The summed E-state index contributed by atoms with van der Waals surface area (Å²) in [5.74, 6) is 0.0796. The van der Waals surface area contributed by atoms with Crippen molar-refractivity contribution in [1.29, 1.82) is 0 Å². The van der Waals surface area contributed by atoms with Crippen molar-refractivity contribution in [2.24, 2.45) is 0 Å². The Balaban J connectivity index is 1.39. The molecule has 0 spiro atoms. The maximum atomic E-state index is 12.4. The second-order valence-electron chi connectivity index (χ2n) is 6.39. The molecule has 0 unspecified atom stereocenters. The first-order valence-corrected chi connectivity index (χ1v) is 10.5. The zero-order valence-electron chi connectivity index (χ0n) is 15.4. The summed E-state index contributed by atoms with van der Waals surface area (Å²) >= 11 is 2.79. The van der Waals surface area contributed by atoms with E-state index in [0.717, 1.165) is 21.3 Å². The highest BCUT2D eigenvalue weighted by atomic mass is 32.2. The zero-order valence-corrected chi connectivity index (χ0v) is 17.0. The third-order valence-corrected chi connectivity index (χ3v) is 5.96. The zero-order chi connectivity index (χ0) is 19.5. The van der Waals surface area contributed by atoms with Crippen molar-refractivity contribution in [3.05, 3.63) is 59.2 Å². The quantitative estimate of drug-likeness (QED) is 0.488. The van der Waals surface area contributed by atoms with Crippen molar-refractivity contribution in [2.45, 2.75) is 25.5 Å². The number of thioether (sulfide) groups is 1. The molecule has 2 aromatic carbocycles. The van der Waals surface area contributed by atoms with Gasteiger partial charge in [0, 0.05) is 0 Å². The van der Waals surface area contributed by atoms with E-state index in [0.29, 0.717) is 16.8 Å². The molecule has 0 radical (unpaired) electrons. The average molecular weight is 411 g/mol. The maximum absolute atomic E-state index is 12.4. The highest BCUT2D eigenvalue weighted by molar-refractivity contribution is 7.99. The molecule has 2 aromatic heterocycles. The number of rotatable bonds is 6. The van der Waals surface area contributed by atoms with Crippen LogP contribution in [-0.2, 0) is 11.3 Å². The van der Waals surface area contributed by atoms with Gasteiger partial charge < -0.3 is 5.32 Å². The van der Waals surface area contributed by atoms with E-state index in [9.17, 15) is 4.79 Å². The molecule has 9 heteroatoms. The van der Waals surface area contributed by atoms with Crippen LogP contribution in [0.1, 0.15) is 16.7 Å². The molecule has 0 saturated carbocycles. The number of anilines is 1. The monoisotopic (exact) mass is 410 g/mol. The third-order valence-electron chi connectivity index (χ3n) is 4.08. The molecule has 0 aliphatic carbocycles. The van der Waals surface area contributed by atoms with Crippen molar-refractivity contribution in [1.82, 2.24) is 25.2 Å². The second kappa shape index (κ2) is 8.07. The minimum Gasteiger partial charge on any atom is -0.301 e. The highest BCUT2D eigenvalue weighted by Gasteiger charge is 2.13. The summed E-state index contributed by atoms with van der Waals surface area (Å²) in [6.45, 7) is 4.65. The van der Waals surface area contributed by atoms with Crippen molar-refractivity contribution in [3.8, 4) is 0 Å². The van der Waals surface area contributed by atoms with Gasteiger partial charge in [-0.15, -0.1) is 5.10 Å². The van der Waals surface area contributed by atoms with Crippen molar-refractivity contribution in [2.75, 3.05) is 11.1 Å². The van der Waals surface area contributed by atoms with E-state index in [4.69, 9.17) is 0 Å². The smallest absolute Gasteiger partial charge is 0.236 e. The first-order valence-electron chi connectivity index (χ1n) is 8.69. The number of carbonyl (C=O) groups is 1. The van der Waals surface area contributed by atoms with E-state index in [2.05, 4.69) is 44.9 Å². The van der Waals surface area contributed by atoms with E-state index in [-0.39, 0.29) is 11.7 Å². The molecular formula is C19H18N6OS2. The molecule has 4 rings (SSSR count). The molecule has 2 heterocycles. The minimum atomic E-state index is -0.132. The van der Waals surface area contributed by atoms with Crippen LogP contribution < -0.4 is 5.32 Å². The SMILES string of the molecule is Cc1cc(C)c2nc(NC(=O)CSc3nnnn3Cc3ccccc3)sc2c1. The van der Waals surface area contributed by atoms with Crippen molar-refractivity contribution >= 4 is 44.4 Å². The second-order valence-corrected chi connectivity index (χ2v) is 8.36. The Kier molecular flexibility index (Phi) is 5.36. The lowest BCUT2D eigenvalue weighted by molar-refractivity contribution is -0.113. The van der Waals surface area contributed by atoms with Gasteiger partial charge in [0.25, 0.3) is 0 Å². The van der Waals surface area contributed by atoms with E-state index in [1.165, 1.54) is 28.7 Å². The predicted molar refractivity (Wildman–Crippen MR) is 112 cm³/mol. The molecule has 0 aliphatic rings. The first-order chi connectivity index (χ1) is 13.6. The molecule has 28 heavy (non-hydrogen) atoms. The van der Waals surface area contributed by atoms with Gasteiger partial charge in [0.2, 0.25) is 11.1 Å². The number of benzene rings is 2. The number of aryl methyl sites for hydroxylation is 2. The highest BCUT2D eigenvalue weighted by Crippen LogP contribution is 2.29. The molecule has 1 N–H and O–H groups in total. The Morgan fingerprint density at radius 3 is 2.86 bits per heavy atom. The molecule has 0 atom stereocenters. The van der Waals surface area contributed by atoms with Gasteiger partial charge in [-0.05, 0) is 47.0 Å². The Bertz CT molecular complexity index is 1120. The van der Waals surface area contributed by atoms with Crippen LogP contribution in [0.2, 0.25) is 0 Å². The third kappa shape index (κ3) is 4.20. The molecule has 0 fully saturated rings. The maximum Gasteiger partial charge on any atom is 0.236 e. The summed E-state index contributed by atoms with van der Waals surface area (Å²) < 4.78 is 2.77. The topological polar surface area (TPSA) is 85.6 Å². The summed E-state index contributed by atoms with van der Waals surface area (Å²) in [5.41, 5.74) is 4.33. The average Bonchev–Trinajstić information content (AvgIpc) is 3.27. The molecule has 4 aromatic rings. The number of fused-ring (bicyclic) bond motifs is 1. The standard InChI is InChI=1S/C19H18N6OS2/c1-12-8-13(2)17-15(9-12)28-18(21-17)20-16(26)11-27-19-22-23-24-25(19)10-14-6-4-3-5-7-14/h3-9H,10-11H2,1-2H3,(H,20,21,26). The number of nitrogens with one attached hydrogen (secondary N) is 1. The number of nitrogens with zero attached hydrogens (tertiary/aromatic N) is 5. The van der Waals surface area contributed by atoms with Gasteiger partial charge in [0.1, 0.15) is 0 Å². The van der Waals surface area contributed by atoms with Crippen LogP contribution in [0, 0.1) is 13.8 Å². The summed E-state index contributed by atoms with van der Waals surface area (Å²) in [6, 6.07) is 14.1. The Morgan fingerprint density at radius 1 is 1.21 bits per heavy atom. The van der Waals surface area contributed by atoms with Gasteiger partial charge in [-0.2, -0.15) is 0 Å². The van der Waals surface area contributed by atoms with Crippen molar-refractivity contribution < 1.29 is 4.79 Å². The first kappa shape index (κ1) is 18.6. The Labute approximate surface area is 170 Å². The van der Waals surface area contributed by atoms with E-state index in [1.807, 2.05) is 37.3 Å². The lowest BCUT2D eigenvalue weighted by Crippen LogP contribution is -2.14. The fourth-order valence-corrected chi connectivity index (χ4v) is 4.60. The normalized spacial score (nSPS) is 11.1. The van der Waals surface area contributed by atoms with Gasteiger partial charge in [0.05, 0.1) is 22.5 Å². The summed E-state index contributed by atoms with van der Waals surface area (Å²) in [7, 11) is 0. The van der Waals surface area contributed by atoms with Crippen LogP contribution in [0.15, 0.2) is 47.6 Å². The van der Waals surface area contributed by atoms with Gasteiger partial charge in [-0.25, -0.2) is 9.67 Å². The lowest BCUT2D eigenvalue weighted by Gasteiger charge is -2.04. The van der Waals surface area contributed by atoms with E-state index < -0.39 is 0 Å². The molecular weight excluding hydrogens is 392 g/mol. The van der Waals surface area contributed by atoms with Crippen LogP contribution in [0.3, 0.4) is 0 Å². The fraction of sp³-hybridized carbons (Fsp3) is 0.211. The van der Waals surface area contributed by atoms with Crippen LogP contribution in [0.5, 0.6) is 0 Å². The molecule has 0 bridgehead atoms. The van der Waals surface area contributed by atoms with Gasteiger partial charge in [0.15, 0.2) is 5.13 Å². The van der Waals surface area contributed by atoms with Crippen LogP contribution in [0.25, 0.3) is 10.2 Å². The number of carbonyl (C=O) groups excluding carboxylic acids is 1. The number of tetrazole rings is 1. The summed E-state index contributed by atoms with van der Waals surface area (Å²) in [6.07, 6.45) is 0. The number of amides is 1. The molecule has 142 valence electrons. The van der Waals surface area contributed by atoms with Gasteiger partial charge >= 0.3 is 0 Å². The van der Waals surface area contributed by atoms with Crippen LogP contribution in [-0.4, -0.2) is 36.9 Å². The van der Waals surface area contributed by atoms with Crippen LogP contribution in [0.4, 0.5) is 5.13 Å². The Hall–Kier alpha value is -2.78. The molecule has 7 nitrogen and oxygen atoms in total. The number of aromatic nitrogens is 5. The van der Waals surface area contributed by atoms with Crippen molar-refractivity contribution in [3.63, 3.8) is 0 Å². The van der Waals surface area contributed by atoms with Gasteiger partial charge in [-0.3, -0.25) is 4.79 Å².